The van der Waals surface area contributed by atoms with E-state index in [0.29, 0.717) is 5.92 Å². The molecule has 1 aliphatic carbocycles. The zero-order chi connectivity index (χ0) is 13.1. The second-order valence-electron chi connectivity index (χ2n) is 5.44. The SMILES string of the molecule is NC(c1ccn(-c2ccccc2)n1)C1CCCCC1. The van der Waals surface area contributed by atoms with Crippen LogP contribution in [0, 0.1) is 5.92 Å². The summed E-state index contributed by atoms with van der Waals surface area (Å²) in [5.74, 6) is 0.605. The second-order valence-corrected chi connectivity index (χ2v) is 5.44. The number of hydrogen-bond donors (Lipinski definition) is 1. The van der Waals surface area contributed by atoms with Crippen LogP contribution in [0.5, 0.6) is 0 Å². The molecule has 1 atom stereocenters. The monoisotopic (exact) mass is 255 g/mol. The third-order valence-corrected chi connectivity index (χ3v) is 4.13. The Morgan fingerprint density at radius 3 is 2.53 bits per heavy atom. The standard InChI is InChI=1S/C16H21N3/c17-16(13-7-3-1-4-8-13)15-11-12-19(18-15)14-9-5-2-6-10-14/h2,5-6,9-13,16H,1,3-4,7-8,17H2. The summed E-state index contributed by atoms with van der Waals surface area (Å²) in [4.78, 5) is 0. The number of para-hydroxylation sites is 1. The van der Waals surface area contributed by atoms with Crippen molar-refractivity contribution in [2.75, 3.05) is 0 Å². The molecule has 1 fully saturated rings. The van der Waals surface area contributed by atoms with Crippen LogP contribution in [-0.2, 0) is 0 Å². The predicted octanol–water partition coefficient (Wildman–Crippen LogP) is 3.45. The van der Waals surface area contributed by atoms with Crippen molar-refractivity contribution in [3.05, 3.63) is 48.3 Å². The summed E-state index contributed by atoms with van der Waals surface area (Å²) >= 11 is 0. The molecule has 100 valence electrons. The molecule has 1 saturated carbocycles. The number of rotatable bonds is 3. The molecule has 0 aliphatic heterocycles. The lowest BCUT2D eigenvalue weighted by atomic mass is 9.83. The molecule has 1 aromatic heterocycles. The van der Waals surface area contributed by atoms with Crippen molar-refractivity contribution in [2.24, 2.45) is 11.7 Å². The first kappa shape index (κ1) is 12.4. The number of nitrogens with two attached hydrogens (primary N) is 1. The highest BCUT2D eigenvalue weighted by Gasteiger charge is 2.23. The molecule has 0 radical (unpaired) electrons. The van der Waals surface area contributed by atoms with E-state index in [0.717, 1.165) is 11.4 Å². The van der Waals surface area contributed by atoms with Crippen LogP contribution >= 0.6 is 0 Å². The molecule has 1 aliphatic rings. The van der Waals surface area contributed by atoms with Crippen LogP contribution in [0.2, 0.25) is 0 Å². The summed E-state index contributed by atoms with van der Waals surface area (Å²) in [6.45, 7) is 0. The summed E-state index contributed by atoms with van der Waals surface area (Å²) in [7, 11) is 0. The van der Waals surface area contributed by atoms with E-state index in [4.69, 9.17) is 5.73 Å². The van der Waals surface area contributed by atoms with Crippen LogP contribution in [0.1, 0.15) is 43.8 Å². The van der Waals surface area contributed by atoms with E-state index in [-0.39, 0.29) is 6.04 Å². The molecule has 19 heavy (non-hydrogen) atoms. The summed E-state index contributed by atoms with van der Waals surface area (Å²) in [5, 5.41) is 4.65. The highest BCUT2D eigenvalue weighted by Crippen LogP contribution is 2.32. The Bertz CT molecular complexity index is 512. The minimum Gasteiger partial charge on any atom is -0.322 e. The molecule has 0 bridgehead atoms. The number of nitrogens with zero attached hydrogens (tertiary/aromatic N) is 2. The van der Waals surface area contributed by atoms with Crippen LogP contribution in [0.3, 0.4) is 0 Å². The van der Waals surface area contributed by atoms with Crippen molar-refractivity contribution in [1.29, 1.82) is 0 Å². The van der Waals surface area contributed by atoms with Crippen molar-refractivity contribution in [3.8, 4) is 5.69 Å². The van der Waals surface area contributed by atoms with Gasteiger partial charge in [-0.1, -0.05) is 37.5 Å². The van der Waals surface area contributed by atoms with Gasteiger partial charge in [0, 0.05) is 6.20 Å². The maximum atomic E-state index is 6.39. The highest BCUT2D eigenvalue weighted by molar-refractivity contribution is 5.30. The van der Waals surface area contributed by atoms with Gasteiger partial charge >= 0.3 is 0 Å². The molecule has 1 aromatic carbocycles. The van der Waals surface area contributed by atoms with E-state index in [1.54, 1.807) is 0 Å². The molecule has 2 N–H and O–H groups in total. The minimum atomic E-state index is 0.0882. The Morgan fingerprint density at radius 1 is 1.05 bits per heavy atom. The lowest BCUT2D eigenvalue weighted by molar-refractivity contribution is 0.304. The molecule has 2 aromatic rings. The molecule has 0 saturated heterocycles. The minimum absolute atomic E-state index is 0.0882. The lowest BCUT2D eigenvalue weighted by Crippen LogP contribution is -2.24. The summed E-state index contributed by atoms with van der Waals surface area (Å²) in [6, 6.07) is 12.3. The van der Waals surface area contributed by atoms with E-state index < -0.39 is 0 Å². The van der Waals surface area contributed by atoms with Crippen LogP contribution in [-0.4, -0.2) is 9.78 Å². The van der Waals surface area contributed by atoms with Crippen LogP contribution < -0.4 is 5.73 Å². The molecule has 1 heterocycles. The van der Waals surface area contributed by atoms with Crippen molar-refractivity contribution >= 4 is 0 Å². The maximum absolute atomic E-state index is 6.39. The zero-order valence-electron chi connectivity index (χ0n) is 11.2. The largest absolute Gasteiger partial charge is 0.322 e. The molecule has 0 amide bonds. The van der Waals surface area contributed by atoms with Gasteiger partial charge in [-0.3, -0.25) is 0 Å². The smallest absolute Gasteiger partial charge is 0.0799 e. The lowest BCUT2D eigenvalue weighted by Gasteiger charge is -2.26. The van der Waals surface area contributed by atoms with Crippen LogP contribution in [0.15, 0.2) is 42.6 Å². The maximum Gasteiger partial charge on any atom is 0.0799 e. The van der Waals surface area contributed by atoms with Gasteiger partial charge in [0.1, 0.15) is 0 Å². The van der Waals surface area contributed by atoms with Gasteiger partial charge in [0.2, 0.25) is 0 Å². The zero-order valence-corrected chi connectivity index (χ0v) is 11.2. The third kappa shape index (κ3) is 2.71. The van der Waals surface area contributed by atoms with Gasteiger partial charge in [-0.25, -0.2) is 4.68 Å². The number of hydrogen-bond acceptors (Lipinski definition) is 2. The average Bonchev–Trinajstić information content (AvgIpc) is 2.98. The molecular weight excluding hydrogens is 234 g/mol. The molecule has 0 spiro atoms. The van der Waals surface area contributed by atoms with Gasteiger partial charge in [-0.15, -0.1) is 0 Å². The quantitative estimate of drug-likeness (QED) is 0.912. The third-order valence-electron chi connectivity index (χ3n) is 4.13. The van der Waals surface area contributed by atoms with Gasteiger partial charge in [0.25, 0.3) is 0 Å². The van der Waals surface area contributed by atoms with Crippen molar-refractivity contribution in [1.82, 2.24) is 9.78 Å². The molecular formula is C16H21N3. The molecule has 3 nitrogen and oxygen atoms in total. The van der Waals surface area contributed by atoms with Gasteiger partial charge in [0.05, 0.1) is 17.4 Å². The Labute approximate surface area is 114 Å². The Balaban J connectivity index is 1.77. The topological polar surface area (TPSA) is 43.8 Å². The second kappa shape index (κ2) is 5.57. The van der Waals surface area contributed by atoms with E-state index in [9.17, 15) is 0 Å². The van der Waals surface area contributed by atoms with E-state index in [1.807, 2.05) is 29.1 Å². The van der Waals surface area contributed by atoms with Crippen molar-refractivity contribution in [3.63, 3.8) is 0 Å². The number of benzene rings is 1. The summed E-state index contributed by atoms with van der Waals surface area (Å²) in [5.41, 5.74) is 8.50. The van der Waals surface area contributed by atoms with Crippen LogP contribution in [0.4, 0.5) is 0 Å². The average molecular weight is 255 g/mol. The Hall–Kier alpha value is -1.61. The van der Waals surface area contributed by atoms with Gasteiger partial charge < -0.3 is 5.73 Å². The fourth-order valence-corrected chi connectivity index (χ4v) is 2.98. The fourth-order valence-electron chi connectivity index (χ4n) is 2.98. The Morgan fingerprint density at radius 2 is 1.79 bits per heavy atom. The normalized spacial score (nSPS) is 18.4. The van der Waals surface area contributed by atoms with Gasteiger partial charge in [-0.2, -0.15) is 5.10 Å². The Kier molecular flexibility index (Phi) is 3.65. The predicted molar refractivity (Wildman–Crippen MR) is 77.1 cm³/mol. The van der Waals surface area contributed by atoms with Gasteiger partial charge in [-0.05, 0) is 37.0 Å². The van der Waals surface area contributed by atoms with Crippen molar-refractivity contribution < 1.29 is 0 Å². The van der Waals surface area contributed by atoms with E-state index in [2.05, 4.69) is 23.3 Å². The molecule has 3 rings (SSSR count). The van der Waals surface area contributed by atoms with Crippen LogP contribution in [0.25, 0.3) is 5.69 Å². The van der Waals surface area contributed by atoms with Crippen molar-refractivity contribution in [2.45, 2.75) is 38.1 Å². The highest BCUT2D eigenvalue weighted by atomic mass is 15.3. The summed E-state index contributed by atoms with van der Waals surface area (Å²) < 4.78 is 1.91. The van der Waals surface area contributed by atoms with E-state index >= 15 is 0 Å². The summed E-state index contributed by atoms with van der Waals surface area (Å²) in [6.07, 6.45) is 8.50. The fraction of sp³-hybridized carbons (Fsp3) is 0.438. The number of aromatic nitrogens is 2. The first-order chi connectivity index (χ1) is 9.34. The van der Waals surface area contributed by atoms with Gasteiger partial charge in [0.15, 0.2) is 0 Å². The molecule has 1 unspecified atom stereocenters. The van der Waals surface area contributed by atoms with E-state index in [1.165, 1.54) is 32.1 Å². The molecule has 3 heteroatoms. The first-order valence-corrected chi connectivity index (χ1v) is 7.21. The first-order valence-electron chi connectivity index (χ1n) is 7.21.